The first-order valence-corrected chi connectivity index (χ1v) is 7.00. The predicted octanol–water partition coefficient (Wildman–Crippen LogP) is 3.31. The van der Waals surface area contributed by atoms with Gasteiger partial charge in [0.2, 0.25) is 0 Å². The highest BCUT2D eigenvalue weighted by atomic mass is 16.1. The molecule has 2 N–H and O–H groups in total. The molecule has 5 nitrogen and oxygen atoms in total. The fourth-order valence-electron chi connectivity index (χ4n) is 2.65. The number of aryl methyl sites for hydroxylation is 1. The molecule has 22 heavy (non-hydrogen) atoms. The van der Waals surface area contributed by atoms with Crippen molar-refractivity contribution in [2.24, 2.45) is 7.05 Å². The summed E-state index contributed by atoms with van der Waals surface area (Å²) in [4.78, 5) is 12.4. The summed E-state index contributed by atoms with van der Waals surface area (Å²) in [5.74, 6) is -0.117. The molecule has 0 saturated heterocycles. The minimum Gasteiger partial charge on any atom is -0.351 e. The Hall–Kier alpha value is -3.08. The first kappa shape index (κ1) is 12.6. The monoisotopic (exact) mass is 290 g/mol. The molecule has 0 aliphatic heterocycles. The molecule has 0 spiro atoms. The van der Waals surface area contributed by atoms with Gasteiger partial charge in [-0.05, 0) is 42.5 Å². The molecular weight excluding hydrogens is 276 g/mol. The Morgan fingerprint density at radius 1 is 1.14 bits per heavy atom. The Labute approximate surface area is 126 Å². The molecule has 0 radical (unpaired) electrons. The van der Waals surface area contributed by atoms with E-state index in [-0.39, 0.29) is 5.91 Å². The molecular formula is C17H14N4O. The molecule has 2 aromatic carbocycles. The number of hydrogen-bond donors (Lipinski definition) is 2. The number of fused-ring (bicyclic) bond motifs is 2. The molecule has 2 heterocycles. The summed E-state index contributed by atoms with van der Waals surface area (Å²) < 4.78 is 2.03. The van der Waals surface area contributed by atoms with E-state index in [1.807, 2.05) is 60.3 Å². The van der Waals surface area contributed by atoms with Crippen LogP contribution in [0.5, 0.6) is 0 Å². The third kappa shape index (κ3) is 2.03. The van der Waals surface area contributed by atoms with Crippen molar-refractivity contribution in [3.63, 3.8) is 0 Å². The highest BCUT2D eigenvalue weighted by Crippen LogP contribution is 2.20. The standard InChI is InChI=1S/C17H14N4O/c1-21-7-6-11-8-12(2-5-16(11)21)17(22)19-14-3-4-15-13(9-14)10-18-20-15/h2-10H,1H3,(H,18,20)(H,19,22). The molecule has 0 aliphatic rings. The van der Waals surface area contributed by atoms with Crippen molar-refractivity contribution in [2.75, 3.05) is 5.32 Å². The fourth-order valence-corrected chi connectivity index (χ4v) is 2.65. The molecule has 0 saturated carbocycles. The minimum atomic E-state index is -0.117. The van der Waals surface area contributed by atoms with Crippen LogP contribution in [0.2, 0.25) is 0 Å². The summed E-state index contributed by atoms with van der Waals surface area (Å²) in [5.41, 5.74) is 3.46. The molecule has 2 aromatic heterocycles. The van der Waals surface area contributed by atoms with Crippen LogP contribution in [0.1, 0.15) is 10.4 Å². The van der Waals surface area contributed by atoms with Crippen molar-refractivity contribution in [1.29, 1.82) is 0 Å². The number of benzene rings is 2. The van der Waals surface area contributed by atoms with Gasteiger partial charge in [0, 0.05) is 40.8 Å². The van der Waals surface area contributed by atoms with Crippen LogP contribution in [0.3, 0.4) is 0 Å². The van der Waals surface area contributed by atoms with Crippen molar-refractivity contribution in [1.82, 2.24) is 14.8 Å². The molecule has 0 bridgehead atoms. The number of anilines is 1. The summed E-state index contributed by atoms with van der Waals surface area (Å²) in [6.07, 6.45) is 3.72. The lowest BCUT2D eigenvalue weighted by Crippen LogP contribution is -2.11. The van der Waals surface area contributed by atoms with Crippen molar-refractivity contribution in [3.8, 4) is 0 Å². The zero-order chi connectivity index (χ0) is 15.1. The van der Waals surface area contributed by atoms with Crippen LogP contribution in [0.4, 0.5) is 5.69 Å². The Morgan fingerprint density at radius 2 is 2.05 bits per heavy atom. The highest BCUT2D eigenvalue weighted by molar-refractivity contribution is 6.06. The summed E-state index contributed by atoms with van der Waals surface area (Å²) in [6.45, 7) is 0. The second kappa shape index (κ2) is 4.73. The zero-order valence-electron chi connectivity index (χ0n) is 12.0. The van der Waals surface area contributed by atoms with Crippen LogP contribution in [-0.2, 0) is 7.05 Å². The number of carbonyl (C=O) groups excluding carboxylic acids is 1. The Bertz CT molecular complexity index is 996. The smallest absolute Gasteiger partial charge is 0.255 e. The molecule has 4 aromatic rings. The largest absolute Gasteiger partial charge is 0.351 e. The van der Waals surface area contributed by atoms with Crippen LogP contribution in [-0.4, -0.2) is 20.7 Å². The van der Waals surface area contributed by atoms with Gasteiger partial charge in [0.1, 0.15) is 0 Å². The SMILES string of the molecule is Cn1ccc2cc(C(=O)Nc3ccc4[nH]ncc4c3)ccc21. The number of H-pyrrole nitrogens is 1. The predicted molar refractivity (Wildman–Crippen MR) is 87.0 cm³/mol. The van der Waals surface area contributed by atoms with E-state index >= 15 is 0 Å². The quantitative estimate of drug-likeness (QED) is 0.595. The Kier molecular flexibility index (Phi) is 2.72. The first-order chi connectivity index (χ1) is 10.7. The van der Waals surface area contributed by atoms with Gasteiger partial charge in [-0.2, -0.15) is 5.10 Å². The number of aromatic nitrogens is 3. The van der Waals surface area contributed by atoms with E-state index in [1.165, 1.54) is 0 Å². The summed E-state index contributed by atoms with van der Waals surface area (Å²) in [7, 11) is 1.99. The van der Waals surface area contributed by atoms with Gasteiger partial charge >= 0.3 is 0 Å². The van der Waals surface area contributed by atoms with E-state index in [1.54, 1.807) is 6.20 Å². The van der Waals surface area contributed by atoms with Gasteiger partial charge in [0.25, 0.3) is 5.91 Å². The maximum atomic E-state index is 12.4. The number of aromatic amines is 1. The van der Waals surface area contributed by atoms with E-state index in [9.17, 15) is 4.79 Å². The van der Waals surface area contributed by atoms with Crippen molar-refractivity contribution < 1.29 is 4.79 Å². The second-order valence-corrected chi connectivity index (χ2v) is 5.33. The second-order valence-electron chi connectivity index (χ2n) is 5.33. The van der Waals surface area contributed by atoms with Gasteiger partial charge in [-0.3, -0.25) is 9.89 Å². The number of carbonyl (C=O) groups is 1. The number of amides is 1. The van der Waals surface area contributed by atoms with Crippen LogP contribution >= 0.6 is 0 Å². The lowest BCUT2D eigenvalue weighted by molar-refractivity contribution is 0.102. The average Bonchev–Trinajstić information content (AvgIpc) is 3.13. The van der Waals surface area contributed by atoms with Gasteiger partial charge < -0.3 is 9.88 Å². The number of nitrogens with one attached hydrogen (secondary N) is 2. The first-order valence-electron chi connectivity index (χ1n) is 7.00. The molecule has 0 atom stereocenters. The van der Waals surface area contributed by atoms with E-state index in [0.717, 1.165) is 27.5 Å². The van der Waals surface area contributed by atoms with Crippen LogP contribution < -0.4 is 5.32 Å². The minimum absolute atomic E-state index is 0.117. The molecule has 0 aliphatic carbocycles. The molecule has 1 amide bonds. The molecule has 0 unspecified atom stereocenters. The lowest BCUT2D eigenvalue weighted by Gasteiger charge is -2.06. The van der Waals surface area contributed by atoms with Crippen molar-refractivity contribution in [2.45, 2.75) is 0 Å². The topological polar surface area (TPSA) is 62.7 Å². The lowest BCUT2D eigenvalue weighted by atomic mass is 10.1. The molecule has 5 heteroatoms. The summed E-state index contributed by atoms with van der Waals surface area (Å²) in [5, 5.41) is 11.8. The number of nitrogens with zero attached hydrogens (tertiary/aromatic N) is 2. The molecule has 4 rings (SSSR count). The fraction of sp³-hybridized carbons (Fsp3) is 0.0588. The van der Waals surface area contributed by atoms with E-state index in [2.05, 4.69) is 15.5 Å². The van der Waals surface area contributed by atoms with Crippen molar-refractivity contribution in [3.05, 3.63) is 60.4 Å². The van der Waals surface area contributed by atoms with Gasteiger partial charge in [0.05, 0.1) is 11.7 Å². The van der Waals surface area contributed by atoms with Crippen LogP contribution in [0.25, 0.3) is 21.8 Å². The van der Waals surface area contributed by atoms with E-state index in [0.29, 0.717) is 5.56 Å². The molecule has 0 fully saturated rings. The molecule has 108 valence electrons. The van der Waals surface area contributed by atoms with Gasteiger partial charge in [-0.1, -0.05) is 0 Å². The summed E-state index contributed by atoms with van der Waals surface area (Å²) >= 11 is 0. The van der Waals surface area contributed by atoms with Crippen LogP contribution in [0.15, 0.2) is 54.9 Å². The van der Waals surface area contributed by atoms with Crippen LogP contribution in [0, 0.1) is 0 Å². The Balaban J connectivity index is 1.64. The maximum Gasteiger partial charge on any atom is 0.255 e. The number of rotatable bonds is 2. The van der Waals surface area contributed by atoms with E-state index < -0.39 is 0 Å². The van der Waals surface area contributed by atoms with E-state index in [4.69, 9.17) is 0 Å². The third-order valence-electron chi connectivity index (χ3n) is 3.85. The zero-order valence-corrected chi connectivity index (χ0v) is 12.0. The van der Waals surface area contributed by atoms with Gasteiger partial charge in [-0.25, -0.2) is 0 Å². The number of hydrogen-bond acceptors (Lipinski definition) is 2. The highest BCUT2D eigenvalue weighted by Gasteiger charge is 2.08. The average molecular weight is 290 g/mol. The summed E-state index contributed by atoms with van der Waals surface area (Å²) in [6, 6.07) is 13.4. The normalized spacial score (nSPS) is 11.1. The maximum absolute atomic E-state index is 12.4. The third-order valence-corrected chi connectivity index (χ3v) is 3.85. The Morgan fingerprint density at radius 3 is 2.95 bits per heavy atom. The van der Waals surface area contributed by atoms with Gasteiger partial charge in [-0.15, -0.1) is 0 Å². The van der Waals surface area contributed by atoms with Gasteiger partial charge in [0.15, 0.2) is 0 Å². The van der Waals surface area contributed by atoms with Crippen molar-refractivity contribution >= 4 is 33.4 Å².